The molecule has 1 aromatic heterocycles. The summed E-state index contributed by atoms with van der Waals surface area (Å²) in [5.74, 6) is 0.480. The summed E-state index contributed by atoms with van der Waals surface area (Å²) in [6.45, 7) is 3.91. The normalized spacial score (nSPS) is 15.8. The van der Waals surface area contributed by atoms with Gasteiger partial charge in [-0.05, 0) is 49.8 Å². The Kier molecular flexibility index (Phi) is 5.42. The molecule has 0 unspecified atom stereocenters. The number of nitrogens with zero attached hydrogens (tertiary/aromatic N) is 1. The number of thiocarbonyl (C=S) groups is 1. The molecule has 1 amide bonds. The number of nitrogens with one attached hydrogen (secondary N) is 1. The van der Waals surface area contributed by atoms with Gasteiger partial charge in [-0.3, -0.25) is 9.78 Å². The van der Waals surface area contributed by atoms with Gasteiger partial charge in [0, 0.05) is 11.8 Å². The van der Waals surface area contributed by atoms with Gasteiger partial charge in [0.1, 0.15) is 10.1 Å². The molecule has 0 spiro atoms. The Morgan fingerprint density at radius 3 is 2.68 bits per heavy atom. The van der Waals surface area contributed by atoms with Crippen LogP contribution in [0.5, 0.6) is 5.75 Å². The maximum atomic E-state index is 11.7. The van der Waals surface area contributed by atoms with Crippen molar-refractivity contribution in [2.75, 3.05) is 0 Å². The van der Waals surface area contributed by atoms with Crippen LogP contribution in [0.3, 0.4) is 0 Å². The molecule has 2 heterocycles. The number of halogens is 1. The summed E-state index contributed by atoms with van der Waals surface area (Å²) in [5, 5.41) is 3.14. The topological polar surface area (TPSA) is 51.2 Å². The third-order valence-electron chi connectivity index (χ3n) is 3.32. The van der Waals surface area contributed by atoms with E-state index in [1.807, 2.05) is 44.2 Å². The van der Waals surface area contributed by atoms with Crippen molar-refractivity contribution in [2.24, 2.45) is 0 Å². The van der Waals surface area contributed by atoms with Gasteiger partial charge in [0.2, 0.25) is 0 Å². The Morgan fingerprint density at radius 2 is 2.12 bits per heavy atom. The van der Waals surface area contributed by atoms with Crippen molar-refractivity contribution in [2.45, 2.75) is 20.0 Å². The number of benzene rings is 1. The lowest BCUT2D eigenvalue weighted by Gasteiger charge is -2.12. The van der Waals surface area contributed by atoms with Gasteiger partial charge in [0.05, 0.1) is 21.7 Å². The van der Waals surface area contributed by atoms with Crippen LogP contribution in [0.4, 0.5) is 0 Å². The smallest absolute Gasteiger partial charge is 0.263 e. The molecule has 3 rings (SSSR count). The first-order valence-electron chi connectivity index (χ1n) is 7.60. The van der Waals surface area contributed by atoms with E-state index in [1.165, 1.54) is 11.8 Å². The maximum Gasteiger partial charge on any atom is 0.263 e. The molecule has 1 aliphatic heterocycles. The van der Waals surface area contributed by atoms with E-state index in [0.717, 1.165) is 16.8 Å². The number of thioether (sulfide) groups is 1. The van der Waals surface area contributed by atoms with Crippen LogP contribution >= 0.6 is 35.6 Å². The Hall–Kier alpha value is -1.89. The fraction of sp³-hybridized carbons (Fsp3) is 0.167. The van der Waals surface area contributed by atoms with Crippen molar-refractivity contribution in [1.29, 1.82) is 0 Å². The highest BCUT2D eigenvalue weighted by molar-refractivity contribution is 8.26. The maximum absolute atomic E-state index is 11.7. The molecule has 2 aromatic rings. The zero-order chi connectivity index (χ0) is 18.0. The van der Waals surface area contributed by atoms with Gasteiger partial charge in [-0.1, -0.05) is 41.6 Å². The molecule has 4 nitrogen and oxygen atoms in total. The number of hydrogen-bond donors (Lipinski definition) is 1. The first-order chi connectivity index (χ1) is 11.9. The van der Waals surface area contributed by atoms with Crippen LogP contribution in [0.15, 0.2) is 41.4 Å². The molecule has 25 heavy (non-hydrogen) atoms. The predicted molar refractivity (Wildman–Crippen MR) is 107 cm³/mol. The number of hydrogen-bond acceptors (Lipinski definition) is 5. The lowest BCUT2D eigenvalue weighted by molar-refractivity contribution is -0.115. The molecule has 0 bridgehead atoms. The van der Waals surface area contributed by atoms with Crippen LogP contribution in [-0.2, 0) is 4.79 Å². The van der Waals surface area contributed by atoms with E-state index in [4.69, 9.17) is 28.6 Å². The third-order valence-corrected chi connectivity index (χ3v) is 4.77. The third kappa shape index (κ3) is 4.39. The molecule has 1 saturated heterocycles. The molecule has 7 heteroatoms. The number of ether oxygens (including phenoxy) is 1. The van der Waals surface area contributed by atoms with Gasteiger partial charge in [-0.15, -0.1) is 0 Å². The summed E-state index contributed by atoms with van der Waals surface area (Å²) < 4.78 is 6.11. The number of rotatable bonds is 4. The predicted octanol–water partition coefficient (Wildman–Crippen LogP) is 4.68. The molecule has 0 aliphatic carbocycles. The van der Waals surface area contributed by atoms with Crippen molar-refractivity contribution >= 4 is 51.9 Å². The van der Waals surface area contributed by atoms with Gasteiger partial charge in [-0.2, -0.15) is 0 Å². The van der Waals surface area contributed by atoms with Crippen molar-refractivity contribution < 1.29 is 9.53 Å². The van der Waals surface area contributed by atoms with Crippen LogP contribution in [0.1, 0.15) is 19.4 Å². The highest BCUT2D eigenvalue weighted by Crippen LogP contribution is 2.31. The van der Waals surface area contributed by atoms with Crippen LogP contribution in [0, 0.1) is 0 Å². The lowest BCUT2D eigenvalue weighted by atomic mass is 10.1. The summed E-state index contributed by atoms with van der Waals surface area (Å²) in [4.78, 5) is 16.7. The lowest BCUT2D eigenvalue weighted by Crippen LogP contribution is -2.17. The highest BCUT2D eigenvalue weighted by Gasteiger charge is 2.21. The molecule has 1 N–H and O–H groups in total. The first-order valence-corrected chi connectivity index (χ1v) is 9.20. The second-order valence-corrected chi connectivity index (χ2v) is 7.77. The molecular formula is C18H15ClN2O2S2. The number of carbonyl (C=O) groups is 1. The van der Waals surface area contributed by atoms with Crippen LogP contribution in [-0.4, -0.2) is 21.3 Å². The number of pyridine rings is 1. The van der Waals surface area contributed by atoms with Crippen molar-refractivity contribution in [1.82, 2.24) is 10.3 Å². The zero-order valence-corrected chi connectivity index (χ0v) is 16.0. The Bertz CT molecular complexity index is 864. The molecule has 128 valence electrons. The molecule has 1 fully saturated rings. The van der Waals surface area contributed by atoms with Gasteiger partial charge < -0.3 is 10.1 Å². The largest absolute Gasteiger partial charge is 0.489 e. The van der Waals surface area contributed by atoms with E-state index in [2.05, 4.69) is 10.3 Å². The second kappa shape index (κ2) is 7.56. The van der Waals surface area contributed by atoms with E-state index >= 15 is 0 Å². The summed E-state index contributed by atoms with van der Waals surface area (Å²) in [6.07, 6.45) is 3.54. The van der Waals surface area contributed by atoms with Gasteiger partial charge in [0.25, 0.3) is 5.91 Å². The first kappa shape index (κ1) is 17.9. The van der Waals surface area contributed by atoms with Crippen molar-refractivity contribution in [3.63, 3.8) is 0 Å². The van der Waals surface area contributed by atoms with Crippen LogP contribution < -0.4 is 10.1 Å². The Balaban J connectivity index is 1.81. The van der Waals surface area contributed by atoms with Crippen molar-refractivity contribution in [3.8, 4) is 17.0 Å². The summed E-state index contributed by atoms with van der Waals surface area (Å²) in [5.41, 5.74) is 2.52. The Labute approximate surface area is 160 Å². The molecule has 1 aromatic carbocycles. The fourth-order valence-electron chi connectivity index (χ4n) is 2.24. The quantitative estimate of drug-likeness (QED) is 0.606. The summed E-state index contributed by atoms with van der Waals surface area (Å²) >= 11 is 12.5. The van der Waals surface area contributed by atoms with E-state index in [-0.39, 0.29) is 12.0 Å². The number of amides is 1. The minimum atomic E-state index is -0.174. The van der Waals surface area contributed by atoms with Gasteiger partial charge in [0.15, 0.2) is 0 Å². The fourth-order valence-corrected chi connectivity index (χ4v) is 3.51. The minimum absolute atomic E-state index is 0.0623. The minimum Gasteiger partial charge on any atom is -0.489 e. The monoisotopic (exact) mass is 390 g/mol. The summed E-state index contributed by atoms with van der Waals surface area (Å²) in [7, 11) is 0. The zero-order valence-electron chi connectivity index (χ0n) is 13.6. The molecule has 0 radical (unpaired) electrons. The number of aromatic nitrogens is 1. The average Bonchev–Trinajstić information content (AvgIpc) is 2.87. The molecule has 0 atom stereocenters. The second-order valence-electron chi connectivity index (χ2n) is 5.64. The van der Waals surface area contributed by atoms with Gasteiger partial charge >= 0.3 is 0 Å². The Morgan fingerprint density at radius 1 is 1.32 bits per heavy atom. The highest BCUT2D eigenvalue weighted by atomic mass is 35.5. The number of carbonyl (C=O) groups excluding carboxylic acids is 1. The SMILES string of the molecule is CC(C)Oc1ccc(-c2ccc(/C=C3/SC(=S)NC3=O)cn2)cc1Cl. The van der Waals surface area contributed by atoms with E-state index in [0.29, 0.717) is 20.0 Å². The standard InChI is InChI=1S/C18H15ClN2O2S2/c1-10(2)23-15-6-4-12(8-13(15)19)14-5-3-11(9-20-14)7-16-17(22)21-18(24)25-16/h3-10H,1-2H3,(H,21,22,24)/b16-7+. The molecule has 0 saturated carbocycles. The van der Waals surface area contributed by atoms with Crippen LogP contribution in [0.2, 0.25) is 5.02 Å². The van der Waals surface area contributed by atoms with Crippen LogP contribution in [0.25, 0.3) is 17.3 Å². The van der Waals surface area contributed by atoms with E-state index in [1.54, 1.807) is 12.3 Å². The average molecular weight is 391 g/mol. The van der Waals surface area contributed by atoms with E-state index < -0.39 is 0 Å². The molecular weight excluding hydrogens is 376 g/mol. The summed E-state index contributed by atoms with van der Waals surface area (Å²) in [6, 6.07) is 9.38. The van der Waals surface area contributed by atoms with Crippen molar-refractivity contribution in [3.05, 3.63) is 52.0 Å². The molecule has 1 aliphatic rings. The van der Waals surface area contributed by atoms with E-state index in [9.17, 15) is 4.79 Å². The van der Waals surface area contributed by atoms with Gasteiger partial charge in [-0.25, -0.2) is 0 Å².